The number of ether oxygens (including phenoxy) is 1. The van der Waals surface area contributed by atoms with E-state index in [1.165, 1.54) is 0 Å². The lowest BCUT2D eigenvalue weighted by atomic mass is 9.92. The van der Waals surface area contributed by atoms with Crippen LogP contribution in [0.15, 0.2) is 30.3 Å². The number of carbonyl (C=O) groups is 1. The van der Waals surface area contributed by atoms with Crippen LogP contribution in [0.4, 0.5) is 0 Å². The summed E-state index contributed by atoms with van der Waals surface area (Å²) in [5, 5.41) is 12.2. The first kappa shape index (κ1) is 14.5. The summed E-state index contributed by atoms with van der Waals surface area (Å²) in [6, 6.07) is 11.7. The molecule has 2 rings (SSSR count). The van der Waals surface area contributed by atoms with Crippen LogP contribution in [0.3, 0.4) is 0 Å². The molecule has 0 radical (unpaired) electrons. The molecule has 0 bridgehead atoms. The van der Waals surface area contributed by atoms with Crippen molar-refractivity contribution in [2.75, 3.05) is 6.61 Å². The fourth-order valence-corrected chi connectivity index (χ4v) is 2.41. The van der Waals surface area contributed by atoms with Gasteiger partial charge in [0.15, 0.2) is 0 Å². The third-order valence-electron chi connectivity index (χ3n) is 4.05. The van der Waals surface area contributed by atoms with Crippen molar-refractivity contribution >= 4 is 5.91 Å². The Labute approximate surface area is 119 Å². The summed E-state index contributed by atoms with van der Waals surface area (Å²) < 4.78 is 5.50. The topological polar surface area (TPSA) is 62.1 Å². The van der Waals surface area contributed by atoms with Crippen molar-refractivity contribution in [1.82, 2.24) is 5.32 Å². The first-order valence-corrected chi connectivity index (χ1v) is 6.92. The summed E-state index contributed by atoms with van der Waals surface area (Å²) in [4.78, 5) is 12.3. The van der Waals surface area contributed by atoms with Crippen molar-refractivity contribution in [3.8, 4) is 6.07 Å². The molecule has 1 fully saturated rings. The molecule has 106 valence electrons. The maximum atomic E-state index is 12.3. The first-order valence-electron chi connectivity index (χ1n) is 6.92. The van der Waals surface area contributed by atoms with Gasteiger partial charge in [-0.15, -0.1) is 0 Å². The number of nitrogens with one attached hydrogen (secondary N) is 1. The Hall–Kier alpha value is -1.86. The van der Waals surface area contributed by atoms with Gasteiger partial charge in [0.25, 0.3) is 0 Å². The van der Waals surface area contributed by atoms with Gasteiger partial charge in [0, 0.05) is 6.61 Å². The number of benzene rings is 1. The summed E-state index contributed by atoms with van der Waals surface area (Å²) in [6.07, 6.45) is 1.19. The van der Waals surface area contributed by atoms with E-state index in [0.717, 1.165) is 12.0 Å². The molecule has 1 aliphatic rings. The molecule has 0 aliphatic carbocycles. The van der Waals surface area contributed by atoms with E-state index < -0.39 is 5.92 Å². The Morgan fingerprint density at radius 1 is 1.55 bits per heavy atom. The van der Waals surface area contributed by atoms with Gasteiger partial charge in [0.05, 0.1) is 17.7 Å². The number of hydrogen-bond acceptors (Lipinski definition) is 3. The summed E-state index contributed by atoms with van der Waals surface area (Å²) >= 11 is 0. The maximum absolute atomic E-state index is 12.3. The second-order valence-corrected chi connectivity index (χ2v) is 5.54. The number of rotatable bonds is 4. The molecule has 1 N–H and O–H groups in total. The van der Waals surface area contributed by atoms with Crippen molar-refractivity contribution in [1.29, 1.82) is 5.26 Å². The zero-order valence-electron chi connectivity index (χ0n) is 11.9. The molecular weight excluding hydrogens is 252 g/mol. The van der Waals surface area contributed by atoms with E-state index in [4.69, 9.17) is 4.74 Å². The number of nitrogens with zero attached hydrogens (tertiary/aromatic N) is 1. The van der Waals surface area contributed by atoms with E-state index in [-0.39, 0.29) is 17.6 Å². The van der Waals surface area contributed by atoms with Crippen molar-refractivity contribution in [3.05, 3.63) is 35.9 Å². The van der Waals surface area contributed by atoms with Gasteiger partial charge in [0.1, 0.15) is 5.92 Å². The van der Waals surface area contributed by atoms with Gasteiger partial charge in [-0.1, -0.05) is 30.3 Å². The van der Waals surface area contributed by atoms with E-state index >= 15 is 0 Å². The smallest absolute Gasteiger partial charge is 0.238 e. The molecule has 1 saturated heterocycles. The predicted molar refractivity (Wildman–Crippen MR) is 75.8 cm³/mol. The lowest BCUT2D eigenvalue weighted by Gasteiger charge is -2.29. The highest BCUT2D eigenvalue weighted by atomic mass is 16.5. The Bertz CT molecular complexity index is 509. The highest BCUT2D eigenvalue weighted by Gasteiger charge is 2.39. The van der Waals surface area contributed by atoms with Crippen LogP contribution in [0.5, 0.6) is 0 Å². The quantitative estimate of drug-likeness (QED) is 0.912. The molecule has 0 aromatic heterocycles. The second-order valence-electron chi connectivity index (χ2n) is 5.54. The van der Waals surface area contributed by atoms with Gasteiger partial charge >= 0.3 is 0 Å². The normalized spacial score (nSPS) is 26.8. The van der Waals surface area contributed by atoms with Crippen LogP contribution in [0.2, 0.25) is 0 Å². The largest absolute Gasteiger partial charge is 0.376 e. The molecule has 0 saturated carbocycles. The van der Waals surface area contributed by atoms with Crippen molar-refractivity contribution in [2.24, 2.45) is 5.92 Å². The van der Waals surface area contributed by atoms with E-state index in [0.29, 0.717) is 13.0 Å². The summed E-state index contributed by atoms with van der Waals surface area (Å²) in [5.74, 6) is -0.877. The number of nitriles is 1. The number of amides is 1. The zero-order valence-corrected chi connectivity index (χ0v) is 11.9. The Morgan fingerprint density at radius 2 is 2.25 bits per heavy atom. The minimum absolute atomic E-state index is 0.0254. The third kappa shape index (κ3) is 3.17. The van der Waals surface area contributed by atoms with E-state index in [2.05, 4.69) is 11.4 Å². The minimum Gasteiger partial charge on any atom is -0.376 e. The van der Waals surface area contributed by atoms with Gasteiger partial charge in [-0.2, -0.15) is 5.26 Å². The average Bonchev–Trinajstić information content (AvgIpc) is 2.76. The molecule has 4 nitrogen and oxygen atoms in total. The van der Waals surface area contributed by atoms with Crippen molar-refractivity contribution < 1.29 is 9.53 Å². The van der Waals surface area contributed by atoms with Crippen LogP contribution in [-0.4, -0.2) is 24.2 Å². The minimum atomic E-state index is -0.665. The van der Waals surface area contributed by atoms with Gasteiger partial charge in [-0.05, 0) is 32.3 Å². The van der Waals surface area contributed by atoms with E-state index in [1.807, 2.05) is 44.2 Å². The van der Waals surface area contributed by atoms with Crippen LogP contribution in [0.25, 0.3) is 0 Å². The SMILES string of the molecule is CC1OCCC1(C)NC(=O)C(C#N)Cc1ccccc1. The van der Waals surface area contributed by atoms with Gasteiger partial charge in [0.2, 0.25) is 5.91 Å². The van der Waals surface area contributed by atoms with Crippen LogP contribution >= 0.6 is 0 Å². The van der Waals surface area contributed by atoms with Gasteiger partial charge < -0.3 is 10.1 Å². The lowest BCUT2D eigenvalue weighted by Crippen LogP contribution is -2.52. The van der Waals surface area contributed by atoms with Crippen LogP contribution < -0.4 is 5.32 Å². The average molecular weight is 272 g/mol. The number of carbonyl (C=O) groups excluding carboxylic acids is 1. The molecule has 3 atom stereocenters. The molecule has 4 heteroatoms. The fraction of sp³-hybridized carbons (Fsp3) is 0.500. The summed E-state index contributed by atoms with van der Waals surface area (Å²) in [7, 11) is 0. The van der Waals surface area contributed by atoms with Gasteiger partial charge in [-0.3, -0.25) is 4.79 Å². The van der Waals surface area contributed by atoms with Crippen LogP contribution in [-0.2, 0) is 16.0 Å². The standard InChI is InChI=1S/C16H20N2O2/c1-12-16(2,8-9-20-12)18-15(19)14(11-17)10-13-6-4-3-5-7-13/h3-7,12,14H,8-10H2,1-2H3,(H,18,19). The molecule has 20 heavy (non-hydrogen) atoms. The molecule has 1 amide bonds. The molecule has 3 unspecified atom stereocenters. The summed E-state index contributed by atoms with van der Waals surface area (Å²) in [5.41, 5.74) is 0.623. The van der Waals surface area contributed by atoms with E-state index in [9.17, 15) is 10.1 Å². The Balaban J connectivity index is 2.01. The maximum Gasteiger partial charge on any atom is 0.238 e. The molecule has 1 aliphatic heterocycles. The Morgan fingerprint density at radius 3 is 2.80 bits per heavy atom. The zero-order chi connectivity index (χ0) is 14.6. The predicted octanol–water partition coefficient (Wildman–Crippen LogP) is 2.05. The highest BCUT2D eigenvalue weighted by Crippen LogP contribution is 2.25. The Kier molecular flexibility index (Phi) is 4.41. The summed E-state index contributed by atoms with van der Waals surface area (Å²) in [6.45, 7) is 4.57. The highest BCUT2D eigenvalue weighted by molar-refractivity contribution is 5.82. The van der Waals surface area contributed by atoms with Crippen LogP contribution in [0.1, 0.15) is 25.8 Å². The van der Waals surface area contributed by atoms with Crippen molar-refractivity contribution in [2.45, 2.75) is 38.3 Å². The monoisotopic (exact) mass is 272 g/mol. The molecule has 0 spiro atoms. The fourth-order valence-electron chi connectivity index (χ4n) is 2.41. The van der Waals surface area contributed by atoms with Crippen LogP contribution in [0, 0.1) is 17.2 Å². The number of hydrogen-bond donors (Lipinski definition) is 1. The van der Waals surface area contributed by atoms with Crippen molar-refractivity contribution in [3.63, 3.8) is 0 Å². The molecule has 1 heterocycles. The molecular formula is C16H20N2O2. The van der Waals surface area contributed by atoms with E-state index in [1.54, 1.807) is 0 Å². The molecule has 1 aromatic rings. The second kappa shape index (κ2) is 6.06. The molecule has 1 aromatic carbocycles. The lowest BCUT2D eigenvalue weighted by molar-refractivity contribution is -0.125. The first-order chi connectivity index (χ1) is 9.55. The third-order valence-corrected chi connectivity index (χ3v) is 4.05. The van der Waals surface area contributed by atoms with Gasteiger partial charge in [-0.25, -0.2) is 0 Å².